The van der Waals surface area contributed by atoms with Crippen molar-refractivity contribution in [2.45, 2.75) is 13.0 Å². The van der Waals surface area contributed by atoms with Crippen molar-refractivity contribution < 1.29 is 9.18 Å². The first-order chi connectivity index (χ1) is 10.1. The van der Waals surface area contributed by atoms with Crippen molar-refractivity contribution in [1.29, 1.82) is 0 Å². The van der Waals surface area contributed by atoms with Crippen LogP contribution in [0.2, 0.25) is 0 Å². The Morgan fingerprint density at radius 1 is 1.05 bits per heavy atom. The second-order valence-electron chi connectivity index (χ2n) is 4.62. The molecule has 21 heavy (non-hydrogen) atoms. The van der Waals surface area contributed by atoms with Crippen LogP contribution in [-0.4, -0.2) is 12.6 Å². The van der Waals surface area contributed by atoms with Gasteiger partial charge in [-0.15, -0.1) is 0 Å². The first-order valence-electron chi connectivity index (χ1n) is 6.64. The maximum Gasteiger partial charge on any atom is 0.315 e. The minimum atomic E-state index is -0.251. The van der Waals surface area contributed by atoms with E-state index in [1.807, 2.05) is 24.3 Å². The van der Waals surface area contributed by atoms with Gasteiger partial charge in [-0.05, 0) is 41.8 Å². The topological polar surface area (TPSA) is 41.1 Å². The van der Waals surface area contributed by atoms with Crippen molar-refractivity contribution in [3.8, 4) is 0 Å². The number of carbonyl (C=O) groups is 1. The molecule has 2 N–H and O–H groups in total. The summed E-state index contributed by atoms with van der Waals surface area (Å²) < 4.78 is 13.7. The molecule has 2 aromatic rings. The summed E-state index contributed by atoms with van der Waals surface area (Å²) in [6, 6.07) is 13.8. The van der Waals surface area contributed by atoms with Gasteiger partial charge < -0.3 is 10.6 Å². The lowest BCUT2D eigenvalue weighted by atomic mass is 10.1. The van der Waals surface area contributed by atoms with Gasteiger partial charge in [-0.1, -0.05) is 40.2 Å². The van der Waals surface area contributed by atoms with Gasteiger partial charge in [0.15, 0.2) is 0 Å². The first-order valence-corrected chi connectivity index (χ1v) is 7.43. The summed E-state index contributed by atoms with van der Waals surface area (Å²) in [7, 11) is 0. The molecule has 0 aliphatic rings. The maximum atomic E-state index is 12.7. The Hall–Kier alpha value is -1.88. The van der Waals surface area contributed by atoms with Gasteiger partial charge in [-0.2, -0.15) is 0 Å². The summed E-state index contributed by atoms with van der Waals surface area (Å²) in [5.41, 5.74) is 2.02. The summed E-state index contributed by atoms with van der Waals surface area (Å²) in [6.07, 6.45) is 0.671. The van der Waals surface area contributed by atoms with Gasteiger partial charge >= 0.3 is 6.03 Å². The first kappa shape index (κ1) is 15.5. The normalized spacial score (nSPS) is 10.2. The largest absolute Gasteiger partial charge is 0.338 e. The minimum Gasteiger partial charge on any atom is -0.338 e. The van der Waals surface area contributed by atoms with Gasteiger partial charge in [0.05, 0.1) is 0 Å². The van der Waals surface area contributed by atoms with Crippen LogP contribution in [0.3, 0.4) is 0 Å². The summed E-state index contributed by atoms with van der Waals surface area (Å²) >= 11 is 3.39. The number of rotatable bonds is 5. The molecule has 2 aromatic carbocycles. The lowest BCUT2D eigenvalue weighted by Gasteiger charge is -2.08. The van der Waals surface area contributed by atoms with E-state index in [1.165, 1.54) is 12.1 Å². The molecule has 0 bridgehead atoms. The van der Waals surface area contributed by atoms with Crippen LogP contribution in [-0.2, 0) is 13.0 Å². The van der Waals surface area contributed by atoms with Crippen LogP contribution in [0.15, 0.2) is 53.0 Å². The number of amides is 2. The number of urea groups is 1. The third-order valence-corrected chi connectivity index (χ3v) is 3.45. The zero-order valence-corrected chi connectivity index (χ0v) is 13.0. The Morgan fingerprint density at radius 2 is 1.81 bits per heavy atom. The van der Waals surface area contributed by atoms with Gasteiger partial charge in [0.1, 0.15) is 5.82 Å². The standard InChI is InChI=1S/C16H16BrFN2O/c17-14-3-1-2-13(10-14)11-20-16(21)19-9-8-12-4-6-15(18)7-5-12/h1-7,10H,8-9,11H2,(H2,19,20,21). The van der Waals surface area contributed by atoms with Crippen molar-refractivity contribution >= 4 is 22.0 Å². The highest BCUT2D eigenvalue weighted by Gasteiger charge is 2.01. The number of benzene rings is 2. The number of hydrogen-bond acceptors (Lipinski definition) is 1. The minimum absolute atomic E-state index is 0.211. The lowest BCUT2D eigenvalue weighted by molar-refractivity contribution is 0.240. The smallest absolute Gasteiger partial charge is 0.315 e. The van der Waals surface area contributed by atoms with Gasteiger partial charge in [0.25, 0.3) is 0 Å². The highest BCUT2D eigenvalue weighted by Crippen LogP contribution is 2.11. The van der Waals surface area contributed by atoms with Crippen molar-refractivity contribution in [2.75, 3.05) is 6.54 Å². The second-order valence-corrected chi connectivity index (χ2v) is 5.53. The molecule has 0 saturated carbocycles. The lowest BCUT2D eigenvalue weighted by Crippen LogP contribution is -2.36. The highest BCUT2D eigenvalue weighted by atomic mass is 79.9. The van der Waals surface area contributed by atoms with Gasteiger partial charge in [-0.3, -0.25) is 0 Å². The SMILES string of the molecule is O=C(NCCc1ccc(F)cc1)NCc1cccc(Br)c1. The summed E-state index contributed by atoms with van der Waals surface area (Å²) in [4.78, 5) is 11.7. The molecule has 0 aliphatic heterocycles. The molecular formula is C16H16BrFN2O. The highest BCUT2D eigenvalue weighted by molar-refractivity contribution is 9.10. The average Bonchev–Trinajstić information content (AvgIpc) is 2.47. The van der Waals surface area contributed by atoms with Gasteiger partial charge in [0.2, 0.25) is 0 Å². The van der Waals surface area contributed by atoms with Crippen LogP contribution in [0.25, 0.3) is 0 Å². The van der Waals surface area contributed by atoms with E-state index < -0.39 is 0 Å². The molecular weight excluding hydrogens is 335 g/mol. The third-order valence-electron chi connectivity index (χ3n) is 2.95. The van der Waals surface area contributed by atoms with E-state index in [1.54, 1.807) is 12.1 Å². The van der Waals surface area contributed by atoms with Crippen LogP contribution in [0.5, 0.6) is 0 Å². The Morgan fingerprint density at radius 3 is 2.52 bits per heavy atom. The molecule has 0 atom stereocenters. The molecule has 110 valence electrons. The number of carbonyl (C=O) groups excluding carboxylic acids is 1. The summed E-state index contributed by atoms with van der Waals surface area (Å²) in [6.45, 7) is 0.984. The fourth-order valence-electron chi connectivity index (χ4n) is 1.86. The summed E-state index contributed by atoms with van der Waals surface area (Å²) in [5, 5.41) is 5.57. The molecule has 2 amide bonds. The fraction of sp³-hybridized carbons (Fsp3) is 0.188. The van der Waals surface area contributed by atoms with Crippen LogP contribution in [0, 0.1) is 5.82 Å². The number of hydrogen-bond donors (Lipinski definition) is 2. The Balaban J connectivity index is 1.69. The van der Waals surface area contributed by atoms with Crippen LogP contribution in [0.4, 0.5) is 9.18 Å². The molecule has 0 radical (unpaired) electrons. The van der Waals surface area contributed by atoms with E-state index in [-0.39, 0.29) is 11.8 Å². The monoisotopic (exact) mass is 350 g/mol. The molecule has 0 heterocycles. The van der Waals surface area contributed by atoms with Gasteiger partial charge in [0, 0.05) is 17.6 Å². The summed E-state index contributed by atoms with van der Waals surface area (Å²) in [5.74, 6) is -0.251. The quantitative estimate of drug-likeness (QED) is 0.849. The fourth-order valence-corrected chi connectivity index (χ4v) is 2.31. The van der Waals surface area contributed by atoms with E-state index in [9.17, 15) is 9.18 Å². The zero-order valence-electron chi connectivity index (χ0n) is 11.4. The van der Waals surface area contributed by atoms with Crippen molar-refractivity contribution in [2.24, 2.45) is 0 Å². The molecule has 3 nitrogen and oxygen atoms in total. The molecule has 0 saturated heterocycles. The predicted octanol–water partition coefficient (Wildman–Crippen LogP) is 3.63. The number of halogens is 2. The molecule has 0 aromatic heterocycles. The van der Waals surface area contributed by atoms with Gasteiger partial charge in [-0.25, -0.2) is 9.18 Å². The van der Waals surface area contributed by atoms with Crippen molar-refractivity contribution in [3.05, 3.63) is 69.9 Å². The van der Waals surface area contributed by atoms with E-state index in [4.69, 9.17) is 0 Å². The Kier molecular flexibility index (Phi) is 5.75. The van der Waals surface area contributed by atoms with E-state index in [0.717, 1.165) is 15.6 Å². The Labute approximate surface area is 131 Å². The third kappa shape index (κ3) is 5.55. The predicted molar refractivity (Wildman–Crippen MR) is 84.5 cm³/mol. The zero-order chi connectivity index (χ0) is 15.1. The molecule has 5 heteroatoms. The Bertz CT molecular complexity index is 601. The van der Waals surface area contributed by atoms with Crippen LogP contribution < -0.4 is 10.6 Å². The number of nitrogens with one attached hydrogen (secondary N) is 2. The van der Waals surface area contributed by atoms with E-state index >= 15 is 0 Å². The average molecular weight is 351 g/mol. The molecule has 0 fully saturated rings. The maximum absolute atomic E-state index is 12.7. The van der Waals surface area contributed by atoms with Crippen LogP contribution in [0.1, 0.15) is 11.1 Å². The van der Waals surface area contributed by atoms with Crippen LogP contribution >= 0.6 is 15.9 Å². The second kappa shape index (κ2) is 7.78. The molecule has 0 aliphatic carbocycles. The van der Waals surface area contributed by atoms with Crippen molar-refractivity contribution in [1.82, 2.24) is 10.6 Å². The van der Waals surface area contributed by atoms with Crippen molar-refractivity contribution in [3.63, 3.8) is 0 Å². The van der Waals surface area contributed by atoms with E-state index in [2.05, 4.69) is 26.6 Å². The molecule has 2 rings (SSSR count). The molecule has 0 spiro atoms. The van der Waals surface area contributed by atoms with E-state index in [0.29, 0.717) is 19.5 Å². The molecule has 0 unspecified atom stereocenters.